The molecule has 10 nitrogen and oxygen atoms in total. The summed E-state index contributed by atoms with van der Waals surface area (Å²) in [6, 6.07) is -3.22. The number of carbonyl (C=O) groups is 5. The Morgan fingerprint density at radius 2 is 1.55 bits per heavy atom. The van der Waals surface area contributed by atoms with E-state index in [2.05, 4.69) is 29.8 Å². The summed E-state index contributed by atoms with van der Waals surface area (Å²) in [6.07, 6.45) is 3.29. The van der Waals surface area contributed by atoms with Crippen LogP contribution in [0.4, 0.5) is 4.79 Å². The van der Waals surface area contributed by atoms with Crippen LogP contribution in [-0.2, 0) is 19.2 Å². The van der Waals surface area contributed by atoms with Crippen LogP contribution in [0, 0.1) is 29.1 Å². The number of nitrogens with two attached hydrogens (primary N) is 1. The summed E-state index contributed by atoms with van der Waals surface area (Å²) in [7, 11) is 0. The number of nitrogens with one attached hydrogen (secondary N) is 3. The van der Waals surface area contributed by atoms with Crippen molar-refractivity contribution in [2.75, 3.05) is 6.54 Å². The van der Waals surface area contributed by atoms with E-state index in [1.165, 1.54) is 0 Å². The van der Waals surface area contributed by atoms with Gasteiger partial charge in [0.05, 0.1) is 6.04 Å². The number of carbonyl (C=O) groups excluding carboxylic acids is 5. The minimum absolute atomic E-state index is 0.0376. The highest BCUT2D eigenvalue weighted by molar-refractivity contribution is 6.37. The standard InChI is InChI=1S/C28H49N5O5/c1-15(2)18-14-33(25(37)22(27(4,5)6)31-26(38)32-28(7,8)9)20(16(18)3)24(36)30-19(21(34)23(29)35)13-17-11-10-12-17/h15-20,22H,10-14H2,1-9H3,(H2,29,35)(H,30,36)(H2,31,32,38)/t16-,18?,19?,20-,22+/m0/s1. The van der Waals surface area contributed by atoms with Gasteiger partial charge in [0, 0.05) is 12.1 Å². The number of ketones is 1. The van der Waals surface area contributed by atoms with Crippen molar-refractivity contribution in [3.05, 3.63) is 0 Å². The normalized spacial score (nSPS) is 23.8. The van der Waals surface area contributed by atoms with E-state index in [0.717, 1.165) is 19.3 Å². The van der Waals surface area contributed by atoms with Gasteiger partial charge >= 0.3 is 6.03 Å². The van der Waals surface area contributed by atoms with Gasteiger partial charge in [-0.15, -0.1) is 0 Å². The van der Waals surface area contributed by atoms with Crippen LogP contribution in [0.1, 0.15) is 88.0 Å². The zero-order valence-corrected chi connectivity index (χ0v) is 24.6. The number of hydrogen-bond acceptors (Lipinski definition) is 5. The number of primary amides is 1. The summed E-state index contributed by atoms with van der Waals surface area (Å²) in [5.74, 6) is -2.44. The third-order valence-electron chi connectivity index (χ3n) is 7.87. The van der Waals surface area contributed by atoms with Crippen LogP contribution in [0.5, 0.6) is 0 Å². The molecule has 0 aromatic rings. The van der Waals surface area contributed by atoms with Gasteiger partial charge in [0.25, 0.3) is 5.91 Å². The summed E-state index contributed by atoms with van der Waals surface area (Å²) < 4.78 is 0. The average molecular weight is 536 g/mol. The van der Waals surface area contributed by atoms with Gasteiger partial charge in [0.1, 0.15) is 12.1 Å². The van der Waals surface area contributed by atoms with Crippen molar-refractivity contribution < 1.29 is 24.0 Å². The fraction of sp³-hybridized carbons (Fsp3) is 0.821. The monoisotopic (exact) mass is 535 g/mol. The van der Waals surface area contributed by atoms with Gasteiger partial charge in [-0.25, -0.2) is 4.79 Å². The Kier molecular flexibility index (Phi) is 9.99. The fourth-order valence-electron chi connectivity index (χ4n) is 5.49. The van der Waals surface area contributed by atoms with Crippen LogP contribution in [0.25, 0.3) is 0 Å². The Labute approximate surface area is 227 Å². The van der Waals surface area contributed by atoms with Gasteiger partial charge in [0.15, 0.2) is 0 Å². The highest BCUT2D eigenvalue weighted by Gasteiger charge is 2.50. The maximum absolute atomic E-state index is 14.0. The number of rotatable bonds is 9. The van der Waals surface area contributed by atoms with Crippen molar-refractivity contribution in [2.24, 2.45) is 34.8 Å². The molecule has 1 heterocycles. The molecule has 5 N–H and O–H groups in total. The molecule has 2 aliphatic rings. The summed E-state index contributed by atoms with van der Waals surface area (Å²) in [4.78, 5) is 66.4. The Morgan fingerprint density at radius 1 is 0.974 bits per heavy atom. The molecule has 2 unspecified atom stereocenters. The van der Waals surface area contributed by atoms with Crippen LogP contribution in [0.2, 0.25) is 0 Å². The minimum Gasteiger partial charge on any atom is -0.363 e. The number of hydrogen-bond donors (Lipinski definition) is 4. The minimum atomic E-state index is -1.08. The Balaban J connectivity index is 2.36. The van der Waals surface area contributed by atoms with E-state index >= 15 is 0 Å². The summed E-state index contributed by atoms with van der Waals surface area (Å²) in [5, 5.41) is 8.45. The largest absolute Gasteiger partial charge is 0.363 e. The maximum Gasteiger partial charge on any atom is 0.315 e. The van der Waals surface area contributed by atoms with Gasteiger partial charge in [-0.1, -0.05) is 60.8 Å². The van der Waals surface area contributed by atoms with E-state index in [-0.39, 0.29) is 29.6 Å². The van der Waals surface area contributed by atoms with E-state index in [1.807, 2.05) is 48.5 Å². The van der Waals surface area contributed by atoms with Gasteiger partial charge in [-0.2, -0.15) is 0 Å². The molecule has 2 fully saturated rings. The highest BCUT2D eigenvalue weighted by Crippen LogP contribution is 2.37. The molecule has 38 heavy (non-hydrogen) atoms. The summed E-state index contributed by atoms with van der Waals surface area (Å²) in [5.41, 5.74) is 4.16. The lowest BCUT2D eigenvalue weighted by molar-refractivity contribution is -0.144. The first-order valence-corrected chi connectivity index (χ1v) is 13.9. The fourth-order valence-corrected chi connectivity index (χ4v) is 5.49. The second kappa shape index (κ2) is 12.0. The van der Waals surface area contributed by atoms with E-state index in [4.69, 9.17) is 5.73 Å². The first kappa shape index (κ1) is 31.6. The van der Waals surface area contributed by atoms with E-state index < -0.39 is 52.7 Å². The molecule has 1 aliphatic carbocycles. The topological polar surface area (TPSA) is 151 Å². The van der Waals surface area contributed by atoms with Gasteiger partial charge in [-0.3, -0.25) is 19.2 Å². The molecule has 1 aliphatic heterocycles. The summed E-state index contributed by atoms with van der Waals surface area (Å²) >= 11 is 0. The second-order valence-electron chi connectivity index (χ2n) is 13.7. The lowest BCUT2D eigenvalue weighted by atomic mass is 9.80. The van der Waals surface area contributed by atoms with Crippen molar-refractivity contribution in [3.8, 4) is 0 Å². The maximum atomic E-state index is 14.0. The van der Waals surface area contributed by atoms with Gasteiger partial charge in [0.2, 0.25) is 17.6 Å². The molecule has 2 rings (SSSR count). The predicted molar refractivity (Wildman–Crippen MR) is 146 cm³/mol. The molecule has 0 aromatic carbocycles. The molecule has 0 aromatic heterocycles. The smallest absolute Gasteiger partial charge is 0.315 e. The summed E-state index contributed by atoms with van der Waals surface area (Å²) in [6.45, 7) is 17.5. The van der Waals surface area contributed by atoms with Crippen LogP contribution >= 0.6 is 0 Å². The van der Waals surface area contributed by atoms with Crippen molar-refractivity contribution >= 4 is 29.5 Å². The second-order valence-corrected chi connectivity index (χ2v) is 13.7. The SMILES string of the molecule is CC(C)C1CN(C(=O)[C@@H](NC(=O)NC(C)(C)C)C(C)(C)C)[C@H](C(=O)NC(CC2CCC2)C(=O)C(N)=O)[C@H]1C. The molecule has 10 heteroatoms. The van der Waals surface area contributed by atoms with Crippen molar-refractivity contribution in [1.29, 1.82) is 0 Å². The number of Topliss-reactive ketones (excluding diaryl/α,β-unsaturated/α-hetero) is 1. The third kappa shape index (κ3) is 7.93. The van der Waals surface area contributed by atoms with Gasteiger partial charge in [-0.05, 0) is 56.3 Å². The van der Waals surface area contributed by atoms with E-state index in [9.17, 15) is 24.0 Å². The average Bonchev–Trinajstić information content (AvgIpc) is 3.07. The first-order chi connectivity index (χ1) is 17.3. The van der Waals surface area contributed by atoms with E-state index in [0.29, 0.717) is 13.0 Å². The number of likely N-dealkylation sites (tertiary alicyclic amines) is 1. The van der Waals surface area contributed by atoms with Crippen molar-refractivity contribution in [1.82, 2.24) is 20.9 Å². The Morgan fingerprint density at radius 3 is 1.97 bits per heavy atom. The Hall–Kier alpha value is -2.65. The Bertz CT molecular complexity index is 916. The lowest BCUT2D eigenvalue weighted by Gasteiger charge is -2.37. The molecule has 0 bridgehead atoms. The lowest BCUT2D eigenvalue weighted by Crippen LogP contribution is -2.61. The quantitative estimate of drug-likeness (QED) is 0.334. The first-order valence-electron chi connectivity index (χ1n) is 13.9. The number of amides is 5. The van der Waals surface area contributed by atoms with Gasteiger partial charge < -0.3 is 26.6 Å². The molecule has 5 atom stereocenters. The molecule has 1 saturated heterocycles. The van der Waals surface area contributed by atoms with Crippen LogP contribution in [0.15, 0.2) is 0 Å². The molecule has 5 amide bonds. The van der Waals surface area contributed by atoms with Crippen LogP contribution in [-0.4, -0.2) is 64.6 Å². The molecular weight excluding hydrogens is 486 g/mol. The molecule has 0 spiro atoms. The predicted octanol–water partition coefficient (Wildman–Crippen LogP) is 2.35. The number of urea groups is 1. The molecule has 216 valence electrons. The molecule has 0 radical (unpaired) electrons. The van der Waals surface area contributed by atoms with Crippen molar-refractivity contribution in [3.63, 3.8) is 0 Å². The zero-order valence-electron chi connectivity index (χ0n) is 24.6. The zero-order chi connectivity index (χ0) is 29.2. The number of nitrogens with zero attached hydrogens (tertiary/aromatic N) is 1. The third-order valence-corrected chi connectivity index (χ3v) is 7.87. The van der Waals surface area contributed by atoms with Crippen molar-refractivity contribution in [2.45, 2.75) is 112 Å². The van der Waals surface area contributed by atoms with Crippen LogP contribution in [0.3, 0.4) is 0 Å². The van der Waals surface area contributed by atoms with E-state index in [1.54, 1.807) is 4.90 Å². The molecule has 1 saturated carbocycles. The highest BCUT2D eigenvalue weighted by atomic mass is 16.2. The molecular formula is C28H49N5O5. The van der Waals surface area contributed by atoms with Crippen LogP contribution < -0.4 is 21.7 Å².